The highest BCUT2D eigenvalue weighted by atomic mass is 19.2. The van der Waals surface area contributed by atoms with Crippen LogP contribution in [0.25, 0.3) is 0 Å². The zero-order valence-electron chi connectivity index (χ0n) is 9.04. The molecule has 0 bridgehead atoms. The van der Waals surface area contributed by atoms with Crippen molar-refractivity contribution in [3.05, 3.63) is 46.9 Å². The predicted molar refractivity (Wildman–Crippen MR) is 56.7 cm³/mol. The van der Waals surface area contributed by atoms with Crippen LogP contribution >= 0.6 is 0 Å². The molecule has 0 aliphatic rings. The summed E-state index contributed by atoms with van der Waals surface area (Å²) in [5.41, 5.74) is 6.10. The van der Waals surface area contributed by atoms with Crippen molar-refractivity contribution < 1.29 is 13.2 Å². The van der Waals surface area contributed by atoms with Crippen LogP contribution in [0.3, 0.4) is 0 Å². The number of anilines is 1. The van der Waals surface area contributed by atoms with Gasteiger partial charge in [-0.05, 0) is 11.6 Å². The highest BCUT2D eigenvalue weighted by Gasteiger charge is 2.12. The second-order valence-electron chi connectivity index (χ2n) is 3.72. The van der Waals surface area contributed by atoms with E-state index in [1.807, 2.05) is 0 Å². The van der Waals surface area contributed by atoms with Gasteiger partial charge in [0.1, 0.15) is 11.6 Å². The summed E-state index contributed by atoms with van der Waals surface area (Å²) in [6.07, 6.45) is 0.0636. The first-order valence-electron chi connectivity index (χ1n) is 4.89. The third kappa shape index (κ3) is 2.25. The van der Waals surface area contributed by atoms with E-state index in [1.54, 1.807) is 13.1 Å². The van der Waals surface area contributed by atoms with Gasteiger partial charge < -0.3 is 5.73 Å². The third-order valence-corrected chi connectivity index (χ3v) is 2.43. The van der Waals surface area contributed by atoms with Gasteiger partial charge in [-0.1, -0.05) is 0 Å². The van der Waals surface area contributed by atoms with Crippen LogP contribution in [0.4, 0.5) is 19.0 Å². The molecule has 1 aromatic heterocycles. The molecule has 0 spiro atoms. The van der Waals surface area contributed by atoms with Crippen LogP contribution in [0.5, 0.6) is 0 Å². The van der Waals surface area contributed by atoms with Gasteiger partial charge >= 0.3 is 0 Å². The Bertz CT molecular complexity index is 544. The maximum absolute atomic E-state index is 13.4. The lowest BCUT2D eigenvalue weighted by atomic mass is 10.1. The third-order valence-electron chi connectivity index (χ3n) is 2.43. The highest BCUT2D eigenvalue weighted by Crippen LogP contribution is 2.17. The van der Waals surface area contributed by atoms with Crippen LogP contribution in [-0.4, -0.2) is 9.78 Å². The number of hydrogen-bond donors (Lipinski definition) is 1. The number of halogens is 3. The summed E-state index contributed by atoms with van der Waals surface area (Å²) in [7, 11) is 1.64. The van der Waals surface area contributed by atoms with Crippen LogP contribution in [0.2, 0.25) is 0 Å². The molecule has 0 saturated carbocycles. The van der Waals surface area contributed by atoms with E-state index in [9.17, 15) is 13.2 Å². The maximum Gasteiger partial charge on any atom is 0.161 e. The van der Waals surface area contributed by atoms with Gasteiger partial charge in [0.25, 0.3) is 0 Å². The van der Waals surface area contributed by atoms with Crippen LogP contribution in [0.1, 0.15) is 11.3 Å². The quantitative estimate of drug-likeness (QED) is 0.817. The normalized spacial score (nSPS) is 10.8. The summed E-state index contributed by atoms with van der Waals surface area (Å²) in [6.45, 7) is 0. The fraction of sp³-hybridized carbons (Fsp3) is 0.182. The largest absolute Gasteiger partial charge is 0.384 e. The summed E-state index contributed by atoms with van der Waals surface area (Å²) in [5, 5.41) is 4.01. The average molecular weight is 241 g/mol. The number of nitrogens with two attached hydrogens (primary N) is 1. The number of nitrogen functional groups attached to an aromatic ring is 1. The van der Waals surface area contributed by atoms with Gasteiger partial charge in [-0.25, -0.2) is 13.2 Å². The number of nitrogens with zero attached hydrogens (tertiary/aromatic N) is 2. The standard InChI is InChI=1S/C11H10F3N3/c1-17-11(15)4-7(16-17)2-6-3-9(13)10(14)5-8(6)12/h3-5H,2,15H2,1H3. The fourth-order valence-corrected chi connectivity index (χ4v) is 1.52. The predicted octanol–water partition coefficient (Wildman–Crippen LogP) is 2.01. The minimum atomic E-state index is -1.20. The molecule has 0 amide bonds. The van der Waals surface area contributed by atoms with Crippen LogP contribution in [-0.2, 0) is 13.5 Å². The summed E-state index contributed by atoms with van der Waals surface area (Å²) in [5.74, 6) is -2.66. The molecule has 0 fully saturated rings. The van der Waals surface area contributed by atoms with Crippen molar-refractivity contribution in [3.63, 3.8) is 0 Å². The van der Waals surface area contributed by atoms with Crippen molar-refractivity contribution in [1.29, 1.82) is 0 Å². The van der Waals surface area contributed by atoms with Crippen molar-refractivity contribution in [2.24, 2.45) is 7.05 Å². The number of benzene rings is 1. The second kappa shape index (κ2) is 4.12. The number of aryl methyl sites for hydroxylation is 1. The van der Waals surface area contributed by atoms with E-state index < -0.39 is 17.5 Å². The molecule has 3 nitrogen and oxygen atoms in total. The Morgan fingerprint density at radius 2 is 1.76 bits per heavy atom. The molecule has 1 aromatic carbocycles. The maximum atomic E-state index is 13.4. The first-order valence-corrected chi connectivity index (χ1v) is 4.89. The molecule has 90 valence electrons. The zero-order valence-corrected chi connectivity index (χ0v) is 9.04. The molecule has 0 saturated heterocycles. The Morgan fingerprint density at radius 3 is 2.35 bits per heavy atom. The van der Waals surface area contributed by atoms with Crippen molar-refractivity contribution in [3.8, 4) is 0 Å². The van der Waals surface area contributed by atoms with Crippen LogP contribution in [0, 0.1) is 17.5 Å². The molecule has 6 heteroatoms. The molecule has 2 aromatic rings. The minimum absolute atomic E-state index is 0.0435. The molecule has 0 unspecified atom stereocenters. The Hall–Kier alpha value is -1.98. The van der Waals surface area contributed by atoms with E-state index in [4.69, 9.17) is 5.73 Å². The average Bonchev–Trinajstić information content (AvgIpc) is 2.55. The first kappa shape index (κ1) is 11.5. The van der Waals surface area contributed by atoms with Crippen molar-refractivity contribution >= 4 is 5.82 Å². The molecule has 17 heavy (non-hydrogen) atoms. The zero-order chi connectivity index (χ0) is 12.6. The molecule has 0 aliphatic heterocycles. The van der Waals surface area contributed by atoms with Gasteiger partial charge in [0.15, 0.2) is 11.6 Å². The second-order valence-corrected chi connectivity index (χ2v) is 3.72. The van der Waals surface area contributed by atoms with Gasteiger partial charge in [-0.2, -0.15) is 5.10 Å². The van der Waals surface area contributed by atoms with Crippen molar-refractivity contribution in [2.45, 2.75) is 6.42 Å². The van der Waals surface area contributed by atoms with Crippen molar-refractivity contribution in [2.75, 3.05) is 5.73 Å². The molecule has 2 rings (SSSR count). The first-order chi connectivity index (χ1) is 7.97. The fourth-order valence-electron chi connectivity index (χ4n) is 1.52. The monoisotopic (exact) mass is 241 g/mol. The van der Waals surface area contributed by atoms with E-state index in [0.29, 0.717) is 17.6 Å². The summed E-state index contributed by atoms with van der Waals surface area (Å²) < 4.78 is 40.4. The van der Waals surface area contributed by atoms with E-state index >= 15 is 0 Å². The smallest absolute Gasteiger partial charge is 0.161 e. The van der Waals surface area contributed by atoms with Crippen LogP contribution in [0.15, 0.2) is 18.2 Å². The molecule has 0 radical (unpaired) electrons. The Morgan fingerprint density at radius 1 is 1.12 bits per heavy atom. The summed E-state index contributed by atoms with van der Waals surface area (Å²) >= 11 is 0. The SMILES string of the molecule is Cn1nc(Cc2cc(F)c(F)cc2F)cc1N. The van der Waals surface area contributed by atoms with Gasteiger partial charge in [0.2, 0.25) is 0 Å². The lowest BCUT2D eigenvalue weighted by molar-refractivity contribution is 0.490. The lowest BCUT2D eigenvalue weighted by Crippen LogP contribution is -1.99. The molecule has 0 atom stereocenters. The van der Waals surface area contributed by atoms with E-state index in [2.05, 4.69) is 5.10 Å². The number of rotatable bonds is 2. The van der Waals surface area contributed by atoms with E-state index in [0.717, 1.165) is 6.07 Å². The Labute approximate surface area is 95.7 Å². The molecular weight excluding hydrogens is 231 g/mol. The van der Waals surface area contributed by atoms with Crippen molar-refractivity contribution in [1.82, 2.24) is 9.78 Å². The van der Waals surface area contributed by atoms with E-state index in [-0.39, 0.29) is 12.0 Å². The number of hydrogen-bond acceptors (Lipinski definition) is 2. The Balaban J connectivity index is 2.33. The molecule has 2 N–H and O–H groups in total. The summed E-state index contributed by atoms with van der Waals surface area (Å²) in [6, 6.07) is 2.91. The molecule has 0 aliphatic carbocycles. The van der Waals surface area contributed by atoms with Gasteiger partial charge in [0, 0.05) is 25.6 Å². The van der Waals surface area contributed by atoms with Gasteiger partial charge in [0.05, 0.1) is 5.69 Å². The van der Waals surface area contributed by atoms with Gasteiger partial charge in [-0.3, -0.25) is 4.68 Å². The topological polar surface area (TPSA) is 43.8 Å². The van der Waals surface area contributed by atoms with Gasteiger partial charge in [-0.15, -0.1) is 0 Å². The van der Waals surface area contributed by atoms with E-state index in [1.165, 1.54) is 4.68 Å². The molecule has 1 heterocycles. The molecular formula is C11H10F3N3. The minimum Gasteiger partial charge on any atom is -0.384 e. The summed E-state index contributed by atoms with van der Waals surface area (Å²) in [4.78, 5) is 0. The van der Waals surface area contributed by atoms with Crippen LogP contribution < -0.4 is 5.73 Å². The highest BCUT2D eigenvalue weighted by molar-refractivity contribution is 5.33. The number of aromatic nitrogens is 2. The Kier molecular flexibility index (Phi) is 2.79. The lowest BCUT2D eigenvalue weighted by Gasteiger charge is -2.02.